The fourth-order valence-electron chi connectivity index (χ4n) is 4.34. The minimum atomic E-state index is 0.113. The predicted molar refractivity (Wildman–Crippen MR) is 176 cm³/mol. The molecular formula is C31H34Cl5N5O2. The van der Waals surface area contributed by atoms with Crippen molar-refractivity contribution >= 4 is 58.0 Å². The Hall–Kier alpha value is -2.60. The molecule has 12 heteroatoms. The lowest BCUT2D eigenvalue weighted by molar-refractivity contribution is 0.385. The number of hydrogen-bond donors (Lipinski definition) is 0. The van der Waals surface area contributed by atoms with Crippen LogP contribution in [0.1, 0.15) is 76.1 Å². The molecule has 2 aromatic carbocycles. The zero-order valence-corrected chi connectivity index (χ0v) is 28.7. The van der Waals surface area contributed by atoms with Crippen LogP contribution in [0.3, 0.4) is 0 Å². The van der Waals surface area contributed by atoms with Gasteiger partial charge in [-0.05, 0) is 76.9 Å². The summed E-state index contributed by atoms with van der Waals surface area (Å²) in [5.74, 6) is 2.83. The van der Waals surface area contributed by atoms with Crippen LogP contribution in [0.25, 0.3) is 0 Å². The molecule has 2 aromatic heterocycles. The van der Waals surface area contributed by atoms with Crippen LogP contribution in [0.2, 0.25) is 20.1 Å². The Morgan fingerprint density at radius 2 is 1.07 bits per heavy atom. The number of hydrogen-bond acceptors (Lipinski definition) is 5. The van der Waals surface area contributed by atoms with Crippen molar-refractivity contribution in [2.45, 2.75) is 78.8 Å². The van der Waals surface area contributed by atoms with E-state index < -0.39 is 0 Å². The van der Waals surface area contributed by atoms with Gasteiger partial charge in [-0.3, -0.25) is 0 Å². The Balaban J connectivity index is 0.000000236. The average Bonchev–Trinajstić information content (AvgIpc) is 3.45. The molecule has 0 amide bonds. The fourth-order valence-corrected chi connectivity index (χ4v) is 5.57. The van der Waals surface area contributed by atoms with E-state index in [1.54, 1.807) is 41.1 Å². The van der Waals surface area contributed by atoms with Gasteiger partial charge in [0.05, 0.1) is 41.8 Å². The van der Waals surface area contributed by atoms with Gasteiger partial charge in [0.15, 0.2) is 0 Å². The van der Waals surface area contributed by atoms with Crippen LogP contribution >= 0.6 is 58.0 Å². The molecule has 0 radical (unpaired) electrons. The number of aromatic nitrogens is 4. The normalized spacial score (nSPS) is 11.0. The van der Waals surface area contributed by atoms with Crippen LogP contribution in [0.15, 0.2) is 36.4 Å². The highest BCUT2D eigenvalue weighted by atomic mass is 35.5. The van der Waals surface area contributed by atoms with Gasteiger partial charge >= 0.3 is 0 Å². The topological polar surface area (TPSA) is 77.9 Å². The third kappa shape index (κ3) is 8.97. The molecule has 0 saturated heterocycles. The van der Waals surface area contributed by atoms with Crippen molar-refractivity contribution < 1.29 is 9.47 Å². The van der Waals surface area contributed by atoms with E-state index in [2.05, 4.69) is 23.2 Å². The summed E-state index contributed by atoms with van der Waals surface area (Å²) in [5.41, 5.74) is 3.54. The number of ether oxygens (including phenoxy) is 2. The molecular weight excluding hydrogens is 652 g/mol. The van der Waals surface area contributed by atoms with Crippen molar-refractivity contribution in [3.05, 3.63) is 79.0 Å². The van der Waals surface area contributed by atoms with Crippen molar-refractivity contribution in [2.24, 2.45) is 0 Å². The summed E-state index contributed by atoms with van der Waals surface area (Å²) >= 11 is 30.0. The third-order valence-corrected chi connectivity index (χ3v) is 7.37. The number of benzene rings is 2. The van der Waals surface area contributed by atoms with Crippen LogP contribution in [-0.2, 0) is 25.1 Å². The Bertz CT molecular complexity index is 1550. The summed E-state index contributed by atoms with van der Waals surface area (Å²) in [5, 5.41) is 20.1. The molecule has 0 saturated carbocycles. The van der Waals surface area contributed by atoms with Gasteiger partial charge < -0.3 is 9.47 Å². The molecule has 2 heterocycles. The summed E-state index contributed by atoms with van der Waals surface area (Å²) in [6, 6.07) is 12.6. The monoisotopic (exact) mass is 683 g/mol. The van der Waals surface area contributed by atoms with E-state index in [4.69, 9.17) is 72.7 Å². The maximum Gasteiger partial charge on any atom is 0.221 e. The second kappa shape index (κ2) is 15.9. The van der Waals surface area contributed by atoms with E-state index in [1.165, 1.54) is 0 Å². The molecule has 0 bridgehead atoms. The van der Waals surface area contributed by atoms with Crippen LogP contribution in [-0.4, -0.2) is 19.6 Å². The number of rotatable bonds is 10. The molecule has 43 heavy (non-hydrogen) atoms. The zero-order chi connectivity index (χ0) is 31.8. The quantitative estimate of drug-likeness (QED) is 0.155. The molecule has 0 fully saturated rings. The Morgan fingerprint density at radius 1 is 0.698 bits per heavy atom. The molecule has 4 rings (SSSR count). The first-order valence-electron chi connectivity index (χ1n) is 13.8. The zero-order valence-electron chi connectivity index (χ0n) is 24.9. The van der Waals surface area contributed by atoms with E-state index in [0.717, 1.165) is 35.4 Å². The first-order valence-corrected chi connectivity index (χ1v) is 15.9. The minimum absolute atomic E-state index is 0.113. The molecule has 0 aliphatic rings. The molecule has 0 aliphatic heterocycles. The van der Waals surface area contributed by atoms with Crippen molar-refractivity contribution in [2.75, 3.05) is 0 Å². The summed E-state index contributed by atoms with van der Waals surface area (Å²) < 4.78 is 15.6. The van der Waals surface area contributed by atoms with Gasteiger partial charge in [-0.2, -0.15) is 15.5 Å². The van der Waals surface area contributed by atoms with Gasteiger partial charge in [0, 0.05) is 31.2 Å². The fraction of sp³-hybridized carbons (Fsp3) is 0.387. The first kappa shape index (κ1) is 34.9. The summed E-state index contributed by atoms with van der Waals surface area (Å²) in [4.78, 5) is 0. The van der Waals surface area contributed by atoms with Gasteiger partial charge in [0.1, 0.15) is 11.5 Å². The average molecular weight is 686 g/mol. The van der Waals surface area contributed by atoms with Gasteiger partial charge in [0.25, 0.3) is 0 Å². The van der Waals surface area contributed by atoms with E-state index in [9.17, 15) is 0 Å². The highest BCUT2D eigenvalue weighted by Gasteiger charge is 2.21. The lowest BCUT2D eigenvalue weighted by atomic mass is 10.1. The lowest BCUT2D eigenvalue weighted by Gasteiger charge is -2.13. The SMILES string of the molecule is CCc1c(CC#N)nn(C(C)C)c1Oc1cc(Cl)cc(Cl)c1.CCc1c(CCl)nn(C(C)C)c1Oc1cc(Cl)cc(Cl)c1. The minimum Gasteiger partial charge on any atom is -0.439 e. The molecule has 0 N–H and O–H groups in total. The lowest BCUT2D eigenvalue weighted by Crippen LogP contribution is -2.05. The van der Waals surface area contributed by atoms with Crippen molar-refractivity contribution in [1.29, 1.82) is 5.26 Å². The van der Waals surface area contributed by atoms with Crippen LogP contribution in [0.4, 0.5) is 0 Å². The second-order valence-electron chi connectivity index (χ2n) is 10.1. The highest BCUT2D eigenvalue weighted by Crippen LogP contribution is 2.35. The Morgan fingerprint density at radius 3 is 1.40 bits per heavy atom. The standard InChI is InChI=1S/C16H17Cl2N3O.C15H17Cl3N2O/c1-4-14-15(5-6-19)20-21(10(2)3)16(14)22-13-8-11(17)7-12(18)9-13;1-4-13-14(8-16)19-20(9(2)3)15(13)21-12-6-10(17)5-11(18)7-12/h7-10H,4-5H2,1-3H3;5-7,9H,4,8H2,1-3H3. The number of halogens is 5. The molecule has 4 aromatic rings. The van der Waals surface area contributed by atoms with Crippen molar-refractivity contribution in [3.63, 3.8) is 0 Å². The summed E-state index contributed by atoms with van der Waals surface area (Å²) in [7, 11) is 0. The highest BCUT2D eigenvalue weighted by molar-refractivity contribution is 6.35. The van der Waals surface area contributed by atoms with Crippen LogP contribution < -0.4 is 9.47 Å². The van der Waals surface area contributed by atoms with E-state index in [0.29, 0.717) is 49.2 Å². The molecule has 0 atom stereocenters. The summed E-state index contributed by atoms with van der Waals surface area (Å²) in [6.45, 7) is 12.2. The van der Waals surface area contributed by atoms with Gasteiger partial charge in [-0.15, -0.1) is 11.6 Å². The van der Waals surface area contributed by atoms with Crippen LogP contribution in [0, 0.1) is 11.3 Å². The third-order valence-electron chi connectivity index (χ3n) is 6.25. The smallest absolute Gasteiger partial charge is 0.221 e. The number of nitrogens with zero attached hydrogens (tertiary/aromatic N) is 5. The predicted octanol–water partition coefficient (Wildman–Crippen LogP) is 11.1. The van der Waals surface area contributed by atoms with Gasteiger partial charge in [-0.1, -0.05) is 60.3 Å². The summed E-state index contributed by atoms with van der Waals surface area (Å²) in [6.07, 6.45) is 1.78. The van der Waals surface area contributed by atoms with Crippen molar-refractivity contribution in [1.82, 2.24) is 19.6 Å². The molecule has 230 valence electrons. The molecule has 0 aliphatic carbocycles. The van der Waals surface area contributed by atoms with E-state index >= 15 is 0 Å². The maximum absolute atomic E-state index is 8.97. The largest absolute Gasteiger partial charge is 0.439 e. The Labute approximate surface area is 278 Å². The number of nitriles is 1. The van der Waals surface area contributed by atoms with Crippen molar-refractivity contribution in [3.8, 4) is 29.3 Å². The van der Waals surface area contributed by atoms with E-state index in [-0.39, 0.29) is 18.5 Å². The van der Waals surface area contributed by atoms with Gasteiger partial charge in [0.2, 0.25) is 11.8 Å². The van der Waals surface area contributed by atoms with Gasteiger partial charge in [-0.25, -0.2) is 9.36 Å². The molecule has 0 spiro atoms. The Kier molecular flexibility index (Phi) is 12.9. The maximum atomic E-state index is 8.97. The number of alkyl halides is 1. The molecule has 0 unspecified atom stereocenters. The first-order chi connectivity index (χ1) is 20.4. The molecule has 7 nitrogen and oxygen atoms in total. The van der Waals surface area contributed by atoms with E-state index in [1.807, 2.05) is 39.3 Å². The second-order valence-corrected chi connectivity index (χ2v) is 12.1. The van der Waals surface area contributed by atoms with Crippen LogP contribution in [0.5, 0.6) is 23.3 Å².